The van der Waals surface area contributed by atoms with Crippen LogP contribution in [0.15, 0.2) is 12.1 Å². The lowest BCUT2D eigenvalue weighted by molar-refractivity contribution is -0.142. The average Bonchev–Trinajstić information content (AvgIpc) is 2.75. The van der Waals surface area contributed by atoms with Crippen LogP contribution in [0.5, 0.6) is 0 Å². The van der Waals surface area contributed by atoms with Gasteiger partial charge in [-0.05, 0) is 49.9 Å². The molecule has 0 spiro atoms. The number of ether oxygens (including phenoxy) is 1. The molecule has 0 fully saturated rings. The summed E-state index contributed by atoms with van der Waals surface area (Å²) in [5.74, 6) is -0.209. The second-order valence-corrected chi connectivity index (χ2v) is 5.59. The number of nitrogens with zero attached hydrogens (tertiary/aromatic N) is 1. The van der Waals surface area contributed by atoms with Gasteiger partial charge in [-0.3, -0.25) is 9.59 Å². The summed E-state index contributed by atoms with van der Waals surface area (Å²) in [6.07, 6.45) is 3.02. The lowest BCUT2D eigenvalue weighted by Crippen LogP contribution is -2.10. The Morgan fingerprint density at radius 2 is 2.27 bits per heavy atom. The molecule has 22 heavy (non-hydrogen) atoms. The van der Waals surface area contributed by atoms with Gasteiger partial charge in [-0.1, -0.05) is 0 Å². The summed E-state index contributed by atoms with van der Waals surface area (Å²) in [6, 6.07) is 3.98. The van der Waals surface area contributed by atoms with Crippen LogP contribution in [0.3, 0.4) is 0 Å². The molecule has 1 aromatic heterocycles. The van der Waals surface area contributed by atoms with E-state index in [2.05, 4.69) is 16.8 Å². The number of anilines is 1. The quantitative estimate of drug-likeness (QED) is 0.682. The highest BCUT2D eigenvalue weighted by molar-refractivity contribution is 5.95. The molecule has 1 aliphatic rings. The van der Waals surface area contributed by atoms with Gasteiger partial charge in [0, 0.05) is 23.3 Å². The molecule has 1 aliphatic heterocycles. The van der Waals surface area contributed by atoms with Gasteiger partial charge in [-0.2, -0.15) is 0 Å². The second-order valence-electron chi connectivity index (χ2n) is 5.59. The summed E-state index contributed by atoms with van der Waals surface area (Å²) in [4.78, 5) is 22.7. The number of esters is 1. The standard InChI is InChI=1S/C17H20N2O3/c1-3-22-16(21)9-14-11(2)19-6-4-5-12-7-13(18-10-20)8-15(14)17(12)19/h7-8,10H,3-6,9H2,1-2H3,(H,18,20). The van der Waals surface area contributed by atoms with E-state index < -0.39 is 0 Å². The minimum atomic E-state index is -0.209. The number of benzene rings is 1. The van der Waals surface area contributed by atoms with Gasteiger partial charge in [0.1, 0.15) is 0 Å². The molecule has 0 saturated carbocycles. The van der Waals surface area contributed by atoms with Crippen molar-refractivity contribution >= 4 is 29.0 Å². The Morgan fingerprint density at radius 3 is 3.00 bits per heavy atom. The van der Waals surface area contributed by atoms with Crippen molar-refractivity contribution in [1.29, 1.82) is 0 Å². The van der Waals surface area contributed by atoms with Gasteiger partial charge >= 0.3 is 5.97 Å². The first-order valence-corrected chi connectivity index (χ1v) is 7.66. The zero-order chi connectivity index (χ0) is 15.7. The van der Waals surface area contributed by atoms with E-state index in [1.807, 2.05) is 19.1 Å². The summed E-state index contributed by atoms with van der Waals surface area (Å²) in [6.45, 7) is 5.22. The van der Waals surface area contributed by atoms with E-state index in [9.17, 15) is 9.59 Å². The molecule has 5 nitrogen and oxygen atoms in total. The maximum Gasteiger partial charge on any atom is 0.310 e. The molecule has 116 valence electrons. The number of hydrogen-bond donors (Lipinski definition) is 1. The monoisotopic (exact) mass is 300 g/mol. The smallest absolute Gasteiger partial charge is 0.310 e. The van der Waals surface area contributed by atoms with Crippen molar-refractivity contribution in [1.82, 2.24) is 4.57 Å². The van der Waals surface area contributed by atoms with Gasteiger partial charge in [-0.15, -0.1) is 0 Å². The lowest BCUT2D eigenvalue weighted by Gasteiger charge is -2.17. The predicted octanol–water partition coefficient (Wildman–Crippen LogP) is 2.57. The molecule has 5 heteroatoms. The molecule has 0 aliphatic carbocycles. The van der Waals surface area contributed by atoms with Crippen molar-refractivity contribution in [2.45, 2.75) is 39.7 Å². The highest BCUT2D eigenvalue weighted by atomic mass is 16.5. The number of carbonyl (C=O) groups excluding carboxylic acids is 2. The molecule has 0 radical (unpaired) electrons. The highest BCUT2D eigenvalue weighted by Crippen LogP contribution is 2.35. The molecule has 0 unspecified atom stereocenters. The first-order valence-electron chi connectivity index (χ1n) is 7.66. The Kier molecular flexibility index (Phi) is 3.88. The number of nitrogens with one attached hydrogen (secondary N) is 1. The van der Waals surface area contributed by atoms with Crippen LogP contribution in [-0.2, 0) is 33.7 Å². The third kappa shape index (κ3) is 2.36. The molecule has 1 aromatic carbocycles. The van der Waals surface area contributed by atoms with E-state index in [1.165, 1.54) is 11.1 Å². The summed E-state index contributed by atoms with van der Waals surface area (Å²) >= 11 is 0. The van der Waals surface area contributed by atoms with E-state index in [4.69, 9.17) is 4.74 Å². The fraction of sp³-hybridized carbons (Fsp3) is 0.412. The zero-order valence-corrected chi connectivity index (χ0v) is 12.9. The van der Waals surface area contributed by atoms with Crippen molar-refractivity contribution < 1.29 is 14.3 Å². The Hall–Kier alpha value is -2.30. The normalized spacial score (nSPS) is 13.2. The molecular weight excluding hydrogens is 280 g/mol. The van der Waals surface area contributed by atoms with E-state index in [0.717, 1.165) is 41.7 Å². The molecule has 0 saturated heterocycles. The fourth-order valence-corrected chi connectivity index (χ4v) is 3.40. The van der Waals surface area contributed by atoms with Crippen LogP contribution in [0, 0.1) is 6.92 Å². The van der Waals surface area contributed by atoms with Gasteiger partial charge in [0.25, 0.3) is 0 Å². The SMILES string of the molecule is CCOC(=O)Cc1c(C)n2c3c(cc(NC=O)cc13)CCC2. The third-order valence-corrected chi connectivity index (χ3v) is 4.31. The molecule has 0 bridgehead atoms. The van der Waals surface area contributed by atoms with Gasteiger partial charge < -0.3 is 14.6 Å². The van der Waals surface area contributed by atoms with Gasteiger partial charge in [0.05, 0.1) is 18.5 Å². The summed E-state index contributed by atoms with van der Waals surface area (Å²) in [7, 11) is 0. The number of hydrogen-bond acceptors (Lipinski definition) is 3. The number of aromatic nitrogens is 1. The van der Waals surface area contributed by atoms with Crippen molar-refractivity contribution in [2.24, 2.45) is 0 Å². The second kappa shape index (κ2) is 5.83. The zero-order valence-electron chi connectivity index (χ0n) is 12.9. The van der Waals surface area contributed by atoms with Crippen LogP contribution in [0.2, 0.25) is 0 Å². The van der Waals surface area contributed by atoms with E-state index in [0.29, 0.717) is 13.0 Å². The van der Waals surface area contributed by atoms with Crippen LogP contribution in [0.4, 0.5) is 5.69 Å². The molecule has 1 amide bonds. The fourth-order valence-electron chi connectivity index (χ4n) is 3.40. The topological polar surface area (TPSA) is 60.3 Å². The molecule has 0 atom stereocenters. The number of rotatable bonds is 5. The lowest BCUT2D eigenvalue weighted by atomic mass is 10.0. The average molecular weight is 300 g/mol. The Bertz CT molecular complexity index is 746. The van der Waals surface area contributed by atoms with Crippen LogP contribution in [0.1, 0.15) is 30.2 Å². The molecular formula is C17H20N2O3. The van der Waals surface area contributed by atoms with Crippen LogP contribution in [-0.4, -0.2) is 23.6 Å². The van der Waals surface area contributed by atoms with Crippen molar-refractivity contribution in [3.63, 3.8) is 0 Å². The summed E-state index contributed by atoms with van der Waals surface area (Å²) in [5.41, 5.74) is 5.32. The number of carbonyl (C=O) groups is 2. The van der Waals surface area contributed by atoms with Gasteiger partial charge in [0.15, 0.2) is 0 Å². The minimum absolute atomic E-state index is 0.209. The summed E-state index contributed by atoms with van der Waals surface area (Å²) in [5, 5.41) is 3.78. The van der Waals surface area contributed by atoms with E-state index >= 15 is 0 Å². The maximum atomic E-state index is 11.9. The number of amides is 1. The third-order valence-electron chi connectivity index (χ3n) is 4.31. The Balaban J connectivity index is 2.16. The minimum Gasteiger partial charge on any atom is -0.466 e. The molecule has 1 N–H and O–H groups in total. The largest absolute Gasteiger partial charge is 0.466 e. The number of aryl methyl sites for hydroxylation is 2. The van der Waals surface area contributed by atoms with Crippen molar-refractivity contribution in [3.05, 3.63) is 29.0 Å². The predicted molar refractivity (Wildman–Crippen MR) is 85.0 cm³/mol. The van der Waals surface area contributed by atoms with Crippen LogP contribution < -0.4 is 5.32 Å². The van der Waals surface area contributed by atoms with E-state index in [1.54, 1.807) is 0 Å². The first kappa shape index (κ1) is 14.6. The van der Waals surface area contributed by atoms with Gasteiger partial charge in [0.2, 0.25) is 6.41 Å². The van der Waals surface area contributed by atoms with Crippen LogP contribution >= 0.6 is 0 Å². The van der Waals surface area contributed by atoms with Gasteiger partial charge in [-0.25, -0.2) is 0 Å². The maximum absolute atomic E-state index is 11.9. The Morgan fingerprint density at radius 1 is 1.45 bits per heavy atom. The van der Waals surface area contributed by atoms with Crippen LogP contribution in [0.25, 0.3) is 10.9 Å². The van der Waals surface area contributed by atoms with Crippen molar-refractivity contribution in [3.8, 4) is 0 Å². The summed E-state index contributed by atoms with van der Waals surface area (Å²) < 4.78 is 7.38. The van der Waals surface area contributed by atoms with Crippen molar-refractivity contribution in [2.75, 3.05) is 11.9 Å². The molecule has 2 heterocycles. The molecule has 3 rings (SSSR count). The first-order chi connectivity index (χ1) is 10.7. The molecule has 2 aromatic rings. The highest BCUT2D eigenvalue weighted by Gasteiger charge is 2.22. The van der Waals surface area contributed by atoms with E-state index in [-0.39, 0.29) is 12.4 Å². The Labute approximate surface area is 129 Å².